The van der Waals surface area contributed by atoms with Gasteiger partial charge in [0.1, 0.15) is 17.5 Å². The van der Waals surface area contributed by atoms with Gasteiger partial charge in [-0.15, -0.1) is 0 Å². The number of aromatic nitrogens is 1. The first-order chi connectivity index (χ1) is 11.7. The van der Waals surface area contributed by atoms with Crippen LogP contribution in [0.25, 0.3) is 0 Å². The van der Waals surface area contributed by atoms with Gasteiger partial charge in [-0.2, -0.15) is 0 Å². The molecule has 0 saturated heterocycles. The molecule has 0 aliphatic carbocycles. The molecule has 2 rings (SSSR count). The predicted octanol–water partition coefficient (Wildman–Crippen LogP) is 3.81. The summed E-state index contributed by atoms with van der Waals surface area (Å²) in [6.45, 7) is 5.65. The molecule has 0 spiro atoms. The molecule has 1 N–H and O–H groups in total. The first kappa shape index (κ1) is 18.2. The van der Waals surface area contributed by atoms with E-state index in [2.05, 4.69) is 10.3 Å². The average Bonchev–Trinajstić information content (AvgIpc) is 2.52. The molecule has 0 atom stereocenters. The van der Waals surface area contributed by atoms with Gasteiger partial charge in [0.15, 0.2) is 0 Å². The summed E-state index contributed by atoms with van der Waals surface area (Å²) in [5.41, 5.74) is 0.143. The highest BCUT2D eigenvalue weighted by atomic mass is 16.6. The summed E-state index contributed by atoms with van der Waals surface area (Å²) in [6.07, 6.45) is 0.624. The lowest BCUT2D eigenvalue weighted by atomic mass is 10.2. The van der Waals surface area contributed by atoms with Crippen molar-refractivity contribution in [2.24, 2.45) is 0 Å². The molecule has 8 nitrogen and oxygen atoms in total. The number of ether oxygens (including phenoxy) is 2. The Morgan fingerprint density at radius 1 is 1.28 bits per heavy atom. The maximum Gasteiger partial charge on any atom is 0.407 e. The Morgan fingerprint density at radius 3 is 2.64 bits per heavy atom. The van der Waals surface area contributed by atoms with Crippen LogP contribution in [-0.2, 0) is 11.3 Å². The fraction of sp³-hybridized carbons (Fsp3) is 0.294. The number of nitro groups is 1. The molecule has 1 heterocycles. The summed E-state index contributed by atoms with van der Waals surface area (Å²) in [6, 6.07) is 9.79. The number of pyridine rings is 1. The van der Waals surface area contributed by atoms with Crippen molar-refractivity contribution in [1.29, 1.82) is 0 Å². The highest BCUT2D eigenvalue weighted by Crippen LogP contribution is 2.22. The van der Waals surface area contributed by atoms with Crippen molar-refractivity contribution in [3.05, 3.63) is 58.3 Å². The molecule has 0 aliphatic heterocycles. The van der Waals surface area contributed by atoms with E-state index < -0.39 is 16.6 Å². The second-order valence-electron chi connectivity index (χ2n) is 6.22. The predicted molar refractivity (Wildman–Crippen MR) is 90.5 cm³/mol. The number of rotatable bonds is 5. The van der Waals surface area contributed by atoms with E-state index in [0.29, 0.717) is 5.75 Å². The van der Waals surface area contributed by atoms with Crippen molar-refractivity contribution in [1.82, 2.24) is 10.3 Å². The monoisotopic (exact) mass is 345 g/mol. The highest BCUT2D eigenvalue weighted by Gasteiger charge is 2.15. The minimum atomic E-state index is -0.559. The van der Waals surface area contributed by atoms with Crippen LogP contribution in [0.2, 0.25) is 0 Å². The number of amides is 1. The van der Waals surface area contributed by atoms with Crippen LogP contribution in [0.15, 0.2) is 42.6 Å². The third-order valence-electron chi connectivity index (χ3n) is 2.89. The standard InChI is InChI=1S/C17H19N3O5/c1-17(2,3)25-16(21)19-10-12-5-4-6-14(9-12)24-15-8-7-13(11-18-15)20(22)23/h4-9,11H,10H2,1-3H3,(H,19,21). The molecular weight excluding hydrogens is 326 g/mol. The summed E-state index contributed by atoms with van der Waals surface area (Å²) in [5, 5.41) is 13.3. The molecule has 1 aromatic carbocycles. The molecule has 0 fully saturated rings. The zero-order valence-electron chi connectivity index (χ0n) is 14.2. The lowest BCUT2D eigenvalue weighted by Crippen LogP contribution is -2.32. The summed E-state index contributed by atoms with van der Waals surface area (Å²) in [4.78, 5) is 25.6. The molecule has 132 valence electrons. The zero-order valence-corrected chi connectivity index (χ0v) is 14.2. The van der Waals surface area contributed by atoms with Gasteiger partial charge in [-0.05, 0) is 38.5 Å². The minimum absolute atomic E-state index is 0.109. The van der Waals surface area contributed by atoms with Crippen LogP contribution < -0.4 is 10.1 Å². The Balaban J connectivity index is 1.96. The lowest BCUT2D eigenvalue weighted by molar-refractivity contribution is -0.385. The van der Waals surface area contributed by atoms with E-state index in [0.717, 1.165) is 11.8 Å². The molecule has 8 heteroatoms. The molecule has 0 bridgehead atoms. The Morgan fingerprint density at radius 2 is 2.04 bits per heavy atom. The van der Waals surface area contributed by atoms with E-state index in [-0.39, 0.29) is 18.1 Å². The molecule has 25 heavy (non-hydrogen) atoms. The summed E-state index contributed by atoms with van der Waals surface area (Å²) in [5.74, 6) is 0.743. The minimum Gasteiger partial charge on any atom is -0.444 e. The van der Waals surface area contributed by atoms with Crippen LogP contribution in [0.1, 0.15) is 26.3 Å². The number of carbonyl (C=O) groups is 1. The van der Waals surface area contributed by atoms with Gasteiger partial charge in [-0.3, -0.25) is 10.1 Å². The third-order valence-corrected chi connectivity index (χ3v) is 2.89. The van der Waals surface area contributed by atoms with Crippen LogP contribution in [0.3, 0.4) is 0 Å². The van der Waals surface area contributed by atoms with Crippen LogP contribution in [0.5, 0.6) is 11.6 Å². The Bertz CT molecular complexity index is 754. The second-order valence-corrected chi connectivity index (χ2v) is 6.22. The van der Waals surface area contributed by atoms with Crippen LogP contribution in [-0.4, -0.2) is 21.6 Å². The maximum atomic E-state index is 11.7. The number of carbonyl (C=O) groups excluding carboxylic acids is 1. The molecule has 0 saturated carbocycles. The molecule has 1 aromatic heterocycles. The number of hydrogen-bond acceptors (Lipinski definition) is 6. The summed E-state index contributed by atoms with van der Waals surface area (Å²) >= 11 is 0. The van der Waals surface area contributed by atoms with Crippen LogP contribution in [0, 0.1) is 10.1 Å². The quantitative estimate of drug-likeness (QED) is 0.653. The van der Waals surface area contributed by atoms with Crippen LogP contribution >= 0.6 is 0 Å². The van der Waals surface area contributed by atoms with Gasteiger partial charge < -0.3 is 14.8 Å². The van der Waals surface area contributed by atoms with Crippen molar-refractivity contribution < 1.29 is 19.2 Å². The van der Waals surface area contributed by atoms with Crippen LogP contribution in [0.4, 0.5) is 10.5 Å². The van der Waals surface area contributed by atoms with Gasteiger partial charge in [-0.1, -0.05) is 12.1 Å². The number of hydrogen-bond donors (Lipinski definition) is 1. The lowest BCUT2D eigenvalue weighted by Gasteiger charge is -2.19. The first-order valence-corrected chi connectivity index (χ1v) is 7.57. The van der Waals surface area contributed by atoms with Gasteiger partial charge in [0.05, 0.1) is 4.92 Å². The number of nitrogens with zero attached hydrogens (tertiary/aromatic N) is 2. The molecule has 0 unspecified atom stereocenters. The normalized spacial score (nSPS) is 10.8. The van der Waals surface area contributed by atoms with Gasteiger partial charge >= 0.3 is 6.09 Å². The van der Waals surface area contributed by atoms with Gasteiger partial charge in [0.2, 0.25) is 5.88 Å². The van der Waals surface area contributed by atoms with Crippen molar-refractivity contribution in [2.75, 3.05) is 0 Å². The first-order valence-electron chi connectivity index (χ1n) is 7.57. The van der Waals surface area contributed by atoms with E-state index in [1.54, 1.807) is 39.0 Å². The van der Waals surface area contributed by atoms with E-state index in [9.17, 15) is 14.9 Å². The SMILES string of the molecule is CC(C)(C)OC(=O)NCc1cccc(Oc2ccc([N+](=O)[O-])cn2)c1. The topological polar surface area (TPSA) is 104 Å². The third kappa shape index (κ3) is 6.09. The molecule has 2 aromatic rings. The fourth-order valence-corrected chi connectivity index (χ4v) is 1.87. The number of benzene rings is 1. The number of nitrogens with one attached hydrogen (secondary N) is 1. The fourth-order valence-electron chi connectivity index (χ4n) is 1.87. The van der Waals surface area contributed by atoms with Crippen molar-refractivity contribution in [3.8, 4) is 11.6 Å². The summed E-state index contributed by atoms with van der Waals surface area (Å²) in [7, 11) is 0. The zero-order chi connectivity index (χ0) is 18.4. The number of alkyl carbamates (subject to hydrolysis) is 1. The van der Waals surface area contributed by atoms with Gasteiger partial charge in [0, 0.05) is 18.7 Å². The Labute approximate surface area is 144 Å². The summed E-state index contributed by atoms with van der Waals surface area (Å²) < 4.78 is 10.7. The molecule has 1 amide bonds. The highest BCUT2D eigenvalue weighted by molar-refractivity contribution is 5.67. The molecule has 0 radical (unpaired) electrons. The van der Waals surface area contributed by atoms with E-state index in [1.165, 1.54) is 12.1 Å². The van der Waals surface area contributed by atoms with Crippen molar-refractivity contribution >= 4 is 11.8 Å². The maximum absolute atomic E-state index is 11.7. The van der Waals surface area contributed by atoms with E-state index in [4.69, 9.17) is 9.47 Å². The molecular formula is C17H19N3O5. The van der Waals surface area contributed by atoms with Gasteiger partial charge in [-0.25, -0.2) is 9.78 Å². The van der Waals surface area contributed by atoms with Crippen molar-refractivity contribution in [3.63, 3.8) is 0 Å². The Hall–Kier alpha value is -3.16. The second kappa shape index (κ2) is 7.61. The Kier molecular flexibility index (Phi) is 5.53. The van der Waals surface area contributed by atoms with Gasteiger partial charge in [0.25, 0.3) is 5.69 Å². The smallest absolute Gasteiger partial charge is 0.407 e. The largest absolute Gasteiger partial charge is 0.444 e. The van der Waals surface area contributed by atoms with E-state index in [1.807, 2.05) is 6.07 Å². The average molecular weight is 345 g/mol. The van der Waals surface area contributed by atoms with E-state index >= 15 is 0 Å². The van der Waals surface area contributed by atoms with Crippen molar-refractivity contribution in [2.45, 2.75) is 32.9 Å². The molecule has 0 aliphatic rings.